The number of para-hydroxylation sites is 1. The highest BCUT2D eigenvalue weighted by atomic mass is 32.1. The van der Waals surface area contributed by atoms with Crippen molar-refractivity contribution in [3.8, 4) is 0 Å². The van der Waals surface area contributed by atoms with E-state index in [1.54, 1.807) is 11.3 Å². The summed E-state index contributed by atoms with van der Waals surface area (Å²) in [6, 6.07) is 8.10. The largest absolute Gasteiger partial charge is 0.329 e. The molecule has 3 heterocycles. The number of nitrogens with zero attached hydrogens (tertiary/aromatic N) is 3. The Morgan fingerprint density at radius 1 is 1.25 bits per heavy atom. The summed E-state index contributed by atoms with van der Waals surface area (Å²) in [7, 11) is 0. The Bertz CT molecular complexity index is 950. The maximum Gasteiger partial charge on any atom is 0.178 e. The first-order valence-corrected chi connectivity index (χ1v) is 7.51. The number of hydrogen-bond acceptors (Lipinski definition) is 4. The Labute approximate surface area is 123 Å². The van der Waals surface area contributed by atoms with Gasteiger partial charge < -0.3 is 9.55 Å². The smallest absolute Gasteiger partial charge is 0.178 e. The van der Waals surface area contributed by atoms with E-state index in [0.29, 0.717) is 11.3 Å². The van der Waals surface area contributed by atoms with Crippen molar-refractivity contribution < 1.29 is 0 Å². The van der Waals surface area contributed by atoms with Crippen LogP contribution < -0.4 is 0 Å². The molecular formula is C14H10N4S2. The first-order valence-electron chi connectivity index (χ1n) is 6.16. The average Bonchev–Trinajstić information content (AvgIpc) is 3.08. The fourth-order valence-electron chi connectivity index (χ4n) is 2.42. The Balaban J connectivity index is 2.06. The minimum absolute atomic E-state index is 0.677. The predicted octanol–water partition coefficient (Wildman–Crippen LogP) is 3.75. The highest BCUT2D eigenvalue weighted by Gasteiger charge is 2.10. The lowest BCUT2D eigenvalue weighted by Gasteiger charge is -2.04. The molecule has 0 unspecified atom stereocenters. The maximum atomic E-state index is 5.44. The molecule has 0 aliphatic carbocycles. The van der Waals surface area contributed by atoms with Gasteiger partial charge in [0.25, 0.3) is 0 Å². The summed E-state index contributed by atoms with van der Waals surface area (Å²) in [6.07, 6.45) is 1.84. The van der Waals surface area contributed by atoms with Crippen molar-refractivity contribution >= 4 is 45.5 Å². The van der Waals surface area contributed by atoms with Crippen LogP contribution in [0.3, 0.4) is 0 Å². The molecule has 20 heavy (non-hydrogen) atoms. The van der Waals surface area contributed by atoms with Crippen LogP contribution in [0.1, 0.15) is 5.69 Å². The van der Waals surface area contributed by atoms with E-state index in [-0.39, 0.29) is 0 Å². The number of rotatable bonds is 2. The zero-order valence-corrected chi connectivity index (χ0v) is 12.0. The minimum Gasteiger partial charge on any atom is -0.329 e. The summed E-state index contributed by atoms with van der Waals surface area (Å²) < 4.78 is 2.79. The van der Waals surface area contributed by atoms with Crippen LogP contribution in [-0.4, -0.2) is 19.5 Å². The van der Waals surface area contributed by atoms with Crippen LogP contribution in [0.15, 0.2) is 41.4 Å². The molecule has 0 amide bonds. The molecule has 0 aliphatic heterocycles. The molecular weight excluding hydrogens is 288 g/mol. The minimum atomic E-state index is 0.677. The van der Waals surface area contributed by atoms with Gasteiger partial charge in [0.15, 0.2) is 4.77 Å². The fraction of sp³-hybridized carbons (Fsp3) is 0.0714. The molecule has 6 heteroatoms. The van der Waals surface area contributed by atoms with Crippen molar-refractivity contribution in [2.75, 3.05) is 0 Å². The molecule has 3 aromatic heterocycles. The summed E-state index contributed by atoms with van der Waals surface area (Å²) >= 11 is 7.04. The molecule has 0 saturated carbocycles. The van der Waals surface area contributed by atoms with Crippen LogP contribution in [0.25, 0.3) is 21.9 Å². The van der Waals surface area contributed by atoms with Crippen molar-refractivity contribution in [1.29, 1.82) is 0 Å². The van der Waals surface area contributed by atoms with Crippen LogP contribution in [0.4, 0.5) is 0 Å². The molecule has 4 rings (SSSR count). The van der Waals surface area contributed by atoms with Gasteiger partial charge in [-0.2, -0.15) is 0 Å². The number of hydrogen-bond donors (Lipinski definition) is 1. The molecule has 4 aromatic rings. The number of imidazole rings is 1. The Morgan fingerprint density at radius 3 is 3.00 bits per heavy atom. The van der Waals surface area contributed by atoms with E-state index in [2.05, 4.69) is 25.6 Å². The van der Waals surface area contributed by atoms with Crippen molar-refractivity contribution in [2.45, 2.75) is 6.54 Å². The quantitative estimate of drug-likeness (QED) is 0.573. The van der Waals surface area contributed by atoms with Crippen LogP contribution in [-0.2, 0) is 6.54 Å². The maximum absolute atomic E-state index is 5.44. The lowest BCUT2D eigenvalue weighted by atomic mass is 10.2. The first-order chi connectivity index (χ1) is 9.83. The summed E-state index contributed by atoms with van der Waals surface area (Å²) in [4.78, 5) is 12.0. The Hall–Kier alpha value is -2.05. The number of nitrogens with one attached hydrogen (secondary N) is 1. The summed E-state index contributed by atoms with van der Waals surface area (Å²) in [5, 5.41) is 3.15. The third-order valence-corrected chi connectivity index (χ3v) is 4.27. The molecule has 0 aliphatic rings. The fourth-order valence-corrected chi connectivity index (χ4v) is 3.24. The number of H-pyrrole nitrogens is 1. The van der Waals surface area contributed by atoms with Crippen LogP contribution in [0, 0.1) is 4.77 Å². The van der Waals surface area contributed by atoms with Crippen LogP contribution in [0.2, 0.25) is 0 Å². The van der Waals surface area contributed by atoms with Crippen LogP contribution in [0.5, 0.6) is 0 Å². The topological polar surface area (TPSA) is 46.5 Å². The Morgan fingerprint density at radius 2 is 2.15 bits per heavy atom. The van der Waals surface area contributed by atoms with E-state index in [1.165, 1.54) is 0 Å². The molecule has 0 saturated heterocycles. The van der Waals surface area contributed by atoms with Crippen molar-refractivity contribution in [3.05, 3.63) is 51.8 Å². The SMILES string of the molecule is S=c1[nH]c2cnc3ccccc3c2n1Cc1cscn1. The molecule has 4 nitrogen and oxygen atoms in total. The predicted molar refractivity (Wildman–Crippen MR) is 83.6 cm³/mol. The van der Waals surface area contributed by atoms with Gasteiger partial charge in [-0.15, -0.1) is 11.3 Å². The number of benzene rings is 1. The molecule has 0 spiro atoms. The highest BCUT2D eigenvalue weighted by Crippen LogP contribution is 2.24. The van der Waals surface area contributed by atoms with Crippen molar-refractivity contribution in [1.82, 2.24) is 19.5 Å². The summed E-state index contributed by atoms with van der Waals surface area (Å²) in [5.74, 6) is 0. The molecule has 0 atom stereocenters. The van der Waals surface area contributed by atoms with Gasteiger partial charge in [-0.3, -0.25) is 4.98 Å². The van der Waals surface area contributed by atoms with Gasteiger partial charge in [0.05, 0.1) is 40.5 Å². The highest BCUT2D eigenvalue weighted by molar-refractivity contribution is 7.71. The van der Waals surface area contributed by atoms with E-state index < -0.39 is 0 Å². The second kappa shape index (κ2) is 4.50. The van der Waals surface area contributed by atoms with Gasteiger partial charge in [0.2, 0.25) is 0 Å². The average molecular weight is 298 g/mol. The van der Waals surface area contributed by atoms with Gasteiger partial charge in [0, 0.05) is 10.8 Å². The molecule has 0 fully saturated rings. The van der Waals surface area contributed by atoms with Gasteiger partial charge in [-0.25, -0.2) is 4.98 Å². The van der Waals surface area contributed by atoms with E-state index in [4.69, 9.17) is 12.2 Å². The zero-order chi connectivity index (χ0) is 13.5. The van der Waals surface area contributed by atoms with E-state index in [9.17, 15) is 0 Å². The van der Waals surface area contributed by atoms with Gasteiger partial charge in [0.1, 0.15) is 0 Å². The van der Waals surface area contributed by atoms with Gasteiger partial charge in [-0.1, -0.05) is 18.2 Å². The zero-order valence-electron chi connectivity index (χ0n) is 10.4. The number of fused-ring (bicyclic) bond motifs is 3. The molecule has 98 valence electrons. The molecule has 1 aromatic carbocycles. The summed E-state index contributed by atoms with van der Waals surface area (Å²) in [5.41, 5.74) is 5.89. The van der Waals surface area contributed by atoms with Gasteiger partial charge >= 0.3 is 0 Å². The lowest BCUT2D eigenvalue weighted by Crippen LogP contribution is -2.00. The first kappa shape index (κ1) is 11.7. The second-order valence-electron chi connectivity index (χ2n) is 4.53. The molecule has 0 radical (unpaired) electrons. The van der Waals surface area contributed by atoms with Crippen molar-refractivity contribution in [2.24, 2.45) is 0 Å². The van der Waals surface area contributed by atoms with E-state index in [0.717, 1.165) is 27.6 Å². The normalized spacial score (nSPS) is 11.4. The monoisotopic (exact) mass is 298 g/mol. The summed E-state index contributed by atoms with van der Waals surface area (Å²) in [6.45, 7) is 0.677. The number of aromatic amines is 1. The van der Waals surface area contributed by atoms with E-state index in [1.807, 2.05) is 35.3 Å². The Kier molecular flexibility index (Phi) is 2.64. The number of thiazole rings is 1. The second-order valence-corrected chi connectivity index (χ2v) is 5.64. The van der Waals surface area contributed by atoms with Crippen LogP contribution >= 0.6 is 23.6 Å². The standard InChI is InChI=1S/C14H10N4S2/c19-14-17-12-5-15-11-4-2-1-3-10(11)13(12)18(14)6-9-7-20-8-16-9/h1-5,7-8H,6H2,(H,17,19). The number of aromatic nitrogens is 4. The molecule has 0 bridgehead atoms. The third-order valence-electron chi connectivity index (χ3n) is 3.31. The number of pyridine rings is 1. The third kappa shape index (κ3) is 1.76. The van der Waals surface area contributed by atoms with E-state index >= 15 is 0 Å². The lowest BCUT2D eigenvalue weighted by molar-refractivity contribution is 0.793. The van der Waals surface area contributed by atoms with Gasteiger partial charge in [-0.05, 0) is 18.3 Å². The molecule has 1 N–H and O–H groups in total. The van der Waals surface area contributed by atoms with Crippen molar-refractivity contribution in [3.63, 3.8) is 0 Å².